The predicted octanol–water partition coefficient (Wildman–Crippen LogP) is 1.67. The van der Waals surface area contributed by atoms with Crippen molar-refractivity contribution < 1.29 is 13.9 Å². The zero-order valence-electron chi connectivity index (χ0n) is 9.43. The zero-order chi connectivity index (χ0) is 12.3. The Labute approximate surface area is 99.2 Å². The lowest BCUT2D eigenvalue weighted by Gasteiger charge is -2.35. The summed E-state index contributed by atoms with van der Waals surface area (Å²) in [6, 6.07) is 6.15. The number of nitrogens with two attached hydrogens (primary N) is 1. The maximum atomic E-state index is 13.2. The summed E-state index contributed by atoms with van der Waals surface area (Å²) in [5.41, 5.74) is 6.26. The standard InChI is InChI=1S/C12H15FN2O2/c13-10-3-1-2-9(8-10)11-4-7-17-12(16)15(11)6-5-14/h1-3,8,11H,4-7,14H2. The average molecular weight is 238 g/mol. The Morgan fingerprint density at radius 3 is 3.06 bits per heavy atom. The van der Waals surface area contributed by atoms with E-state index in [4.69, 9.17) is 10.5 Å². The highest BCUT2D eigenvalue weighted by atomic mass is 19.1. The van der Waals surface area contributed by atoms with Crippen LogP contribution in [0.15, 0.2) is 24.3 Å². The maximum Gasteiger partial charge on any atom is 0.410 e. The first-order valence-electron chi connectivity index (χ1n) is 5.61. The lowest BCUT2D eigenvalue weighted by atomic mass is 10.0. The number of cyclic esters (lactones) is 1. The van der Waals surface area contributed by atoms with Gasteiger partial charge in [-0.1, -0.05) is 12.1 Å². The summed E-state index contributed by atoms with van der Waals surface area (Å²) in [5.74, 6) is -0.297. The van der Waals surface area contributed by atoms with Gasteiger partial charge in [0.1, 0.15) is 5.82 Å². The third-order valence-corrected chi connectivity index (χ3v) is 2.83. The minimum Gasteiger partial charge on any atom is -0.449 e. The van der Waals surface area contributed by atoms with E-state index in [1.807, 2.05) is 6.07 Å². The molecule has 1 aliphatic heterocycles. The Hall–Kier alpha value is -1.62. The molecule has 2 N–H and O–H groups in total. The smallest absolute Gasteiger partial charge is 0.410 e. The van der Waals surface area contributed by atoms with Crippen LogP contribution in [-0.4, -0.2) is 30.7 Å². The van der Waals surface area contributed by atoms with Crippen molar-refractivity contribution in [2.45, 2.75) is 12.5 Å². The first-order valence-corrected chi connectivity index (χ1v) is 5.61. The van der Waals surface area contributed by atoms with Crippen LogP contribution in [0.2, 0.25) is 0 Å². The van der Waals surface area contributed by atoms with Gasteiger partial charge in [-0.05, 0) is 17.7 Å². The zero-order valence-corrected chi connectivity index (χ0v) is 9.43. The average Bonchev–Trinajstić information content (AvgIpc) is 2.32. The molecule has 1 aliphatic rings. The predicted molar refractivity (Wildman–Crippen MR) is 60.9 cm³/mol. The fraction of sp³-hybridized carbons (Fsp3) is 0.417. The molecule has 17 heavy (non-hydrogen) atoms. The normalized spacial score (nSPS) is 20.2. The van der Waals surface area contributed by atoms with Crippen LogP contribution in [0.3, 0.4) is 0 Å². The van der Waals surface area contributed by atoms with Gasteiger partial charge < -0.3 is 10.5 Å². The van der Waals surface area contributed by atoms with Gasteiger partial charge in [-0.3, -0.25) is 4.90 Å². The van der Waals surface area contributed by atoms with Gasteiger partial charge in [0.05, 0.1) is 12.6 Å². The fourth-order valence-electron chi connectivity index (χ4n) is 2.07. The summed E-state index contributed by atoms with van der Waals surface area (Å²) in [7, 11) is 0. The molecule has 1 unspecified atom stereocenters. The molecule has 92 valence electrons. The molecule has 4 nitrogen and oxygen atoms in total. The summed E-state index contributed by atoms with van der Waals surface area (Å²) < 4.78 is 18.1. The van der Waals surface area contributed by atoms with Gasteiger partial charge in [-0.15, -0.1) is 0 Å². The van der Waals surface area contributed by atoms with Gasteiger partial charge in [0, 0.05) is 19.5 Å². The molecular weight excluding hydrogens is 223 g/mol. The molecule has 0 spiro atoms. The largest absolute Gasteiger partial charge is 0.449 e. The minimum atomic E-state index is -0.379. The quantitative estimate of drug-likeness (QED) is 0.871. The van der Waals surface area contributed by atoms with Gasteiger partial charge in [-0.25, -0.2) is 9.18 Å². The van der Waals surface area contributed by atoms with Crippen molar-refractivity contribution in [1.29, 1.82) is 0 Å². The number of hydrogen-bond donors (Lipinski definition) is 1. The summed E-state index contributed by atoms with van der Waals surface area (Å²) in [6.45, 7) is 1.14. The molecule has 0 aliphatic carbocycles. The van der Waals surface area contributed by atoms with E-state index in [1.165, 1.54) is 12.1 Å². The van der Waals surface area contributed by atoms with Crippen molar-refractivity contribution in [2.24, 2.45) is 5.73 Å². The van der Waals surface area contributed by atoms with Crippen LogP contribution in [0.5, 0.6) is 0 Å². The van der Waals surface area contributed by atoms with E-state index >= 15 is 0 Å². The molecule has 1 heterocycles. The molecule has 1 aromatic rings. The minimum absolute atomic E-state index is 0.143. The van der Waals surface area contributed by atoms with Gasteiger partial charge in [0.25, 0.3) is 0 Å². The van der Waals surface area contributed by atoms with Gasteiger partial charge in [0.2, 0.25) is 0 Å². The van der Waals surface area contributed by atoms with Crippen LogP contribution in [0.25, 0.3) is 0 Å². The molecule has 1 saturated heterocycles. The van der Waals surface area contributed by atoms with Crippen LogP contribution < -0.4 is 5.73 Å². The third kappa shape index (κ3) is 2.55. The highest BCUT2D eigenvalue weighted by Crippen LogP contribution is 2.28. The summed E-state index contributed by atoms with van der Waals surface area (Å²) >= 11 is 0. The van der Waals surface area contributed by atoms with Crippen molar-refractivity contribution >= 4 is 6.09 Å². The van der Waals surface area contributed by atoms with Crippen molar-refractivity contribution in [3.05, 3.63) is 35.6 Å². The van der Waals surface area contributed by atoms with E-state index in [0.29, 0.717) is 26.1 Å². The third-order valence-electron chi connectivity index (χ3n) is 2.83. The SMILES string of the molecule is NCCN1C(=O)OCCC1c1cccc(F)c1. The van der Waals surface area contributed by atoms with E-state index in [-0.39, 0.29) is 18.0 Å². The van der Waals surface area contributed by atoms with Crippen LogP contribution in [0.4, 0.5) is 9.18 Å². The van der Waals surface area contributed by atoms with Gasteiger partial charge in [0.15, 0.2) is 0 Å². The Bertz CT molecular complexity index is 411. The number of hydrogen-bond acceptors (Lipinski definition) is 3. The molecule has 0 bridgehead atoms. The van der Waals surface area contributed by atoms with Crippen molar-refractivity contribution in [3.8, 4) is 0 Å². The van der Waals surface area contributed by atoms with E-state index in [2.05, 4.69) is 0 Å². The van der Waals surface area contributed by atoms with E-state index < -0.39 is 0 Å². The van der Waals surface area contributed by atoms with E-state index in [9.17, 15) is 9.18 Å². The lowest BCUT2D eigenvalue weighted by Crippen LogP contribution is -2.43. The Kier molecular flexibility index (Phi) is 3.58. The number of amides is 1. The molecule has 0 saturated carbocycles. The summed E-state index contributed by atoms with van der Waals surface area (Å²) in [6.07, 6.45) is 0.283. The molecule has 5 heteroatoms. The summed E-state index contributed by atoms with van der Waals surface area (Å²) in [5, 5.41) is 0. The highest BCUT2D eigenvalue weighted by Gasteiger charge is 2.30. The number of benzene rings is 1. The molecule has 2 rings (SSSR count). The lowest BCUT2D eigenvalue weighted by molar-refractivity contribution is 0.0450. The van der Waals surface area contributed by atoms with Crippen molar-refractivity contribution in [1.82, 2.24) is 4.90 Å². The van der Waals surface area contributed by atoms with Crippen LogP contribution in [0, 0.1) is 5.82 Å². The Morgan fingerprint density at radius 2 is 2.35 bits per heavy atom. The number of carbonyl (C=O) groups is 1. The Balaban J connectivity index is 2.24. The maximum absolute atomic E-state index is 13.2. The van der Waals surface area contributed by atoms with E-state index in [1.54, 1.807) is 11.0 Å². The number of nitrogens with zero attached hydrogens (tertiary/aromatic N) is 1. The first kappa shape index (κ1) is 11.9. The van der Waals surface area contributed by atoms with Gasteiger partial charge >= 0.3 is 6.09 Å². The van der Waals surface area contributed by atoms with Crippen molar-refractivity contribution in [2.75, 3.05) is 19.7 Å². The highest BCUT2D eigenvalue weighted by molar-refractivity contribution is 5.69. The van der Waals surface area contributed by atoms with Crippen LogP contribution >= 0.6 is 0 Å². The van der Waals surface area contributed by atoms with Crippen LogP contribution in [0.1, 0.15) is 18.0 Å². The molecular formula is C12H15FN2O2. The molecule has 1 fully saturated rings. The number of halogens is 1. The van der Waals surface area contributed by atoms with E-state index in [0.717, 1.165) is 5.56 Å². The second-order valence-corrected chi connectivity index (χ2v) is 3.96. The number of ether oxygens (including phenoxy) is 1. The second-order valence-electron chi connectivity index (χ2n) is 3.96. The second kappa shape index (κ2) is 5.14. The molecule has 0 aromatic heterocycles. The topological polar surface area (TPSA) is 55.6 Å². The van der Waals surface area contributed by atoms with Gasteiger partial charge in [-0.2, -0.15) is 0 Å². The monoisotopic (exact) mass is 238 g/mol. The first-order chi connectivity index (χ1) is 8.22. The fourth-order valence-corrected chi connectivity index (χ4v) is 2.07. The molecule has 1 amide bonds. The summed E-state index contributed by atoms with van der Waals surface area (Å²) in [4.78, 5) is 13.2. The van der Waals surface area contributed by atoms with Crippen LogP contribution in [-0.2, 0) is 4.74 Å². The molecule has 1 aromatic carbocycles. The number of carbonyl (C=O) groups excluding carboxylic acids is 1. The number of rotatable bonds is 3. The molecule has 0 radical (unpaired) electrons. The Morgan fingerprint density at radius 1 is 1.53 bits per heavy atom. The molecule has 1 atom stereocenters. The van der Waals surface area contributed by atoms with Crippen molar-refractivity contribution in [3.63, 3.8) is 0 Å².